The van der Waals surface area contributed by atoms with Crippen LogP contribution in [0, 0.1) is 0 Å². The summed E-state index contributed by atoms with van der Waals surface area (Å²) in [4.78, 5) is 22.9. The first-order valence-electron chi connectivity index (χ1n) is 7.13. The Morgan fingerprint density at radius 1 is 1.33 bits per heavy atom. The second-order valence-electron chi connectivity index (χ2n) is 5.10. The average Bonchev–Trinajstić information content (AvgIpc) is 2.52. The van der Waals surface area contributed by atoms with E-state index in [4.69, 9.17) is 5.73 Å². The highest BCUT2D eigenvalue weighted by molar-refractivity contribution is 8.00. The number of benzene rings is 1. The molecule has 0 bridgehead atoms. The molecule has 1 aliphatic rings. The molecular formula is C15H21N3O2S. The molecule has 0 aliphatic carbocycles. The van der Waals surface area contributed by atoms with Crippen LogP contribution in [0.25, 0.3) is 0 Å². The zero-order chi connectivity index (χ0) is 15.1. The van der Waals surface area contributed by atoms with Crippen LogP contribution in [0.4, 0.5) is 0 Å². The summed E-state index contributed by atoms with van der Waals surface area (Å²) in [5.74, 6) is 0.0628. The third kappa shape index (κ3) is 5.40. The molecule has 0 atom stereocenters. The van der Waals surface area contributed by atoms with Gasteiger partial charge in [0, 0.05) is 17.4 Å². The van der Waals surface area contributed by atoms with Crippen molar-refractivity contribution < 1.29 is 9.59 Å². The third-order valence-corrected chi connectivity index (χ3v) is 4.81. The highest BCUT2D eigenvalue weighted by atomic mass is 32.2. The minimum absolute atomic E-state index is 0.0306. The largest absolute Gasteiger partial charge is 0.366 e. The first kappa shape index (κ1) is 15.9. The second kappa shape index (κ2) is 8.05. The molecule has 1 aromatic rings. The van der Waals surface area contributed by atoms with E-state index in [1.807, 2.05) is 6.07 Å². The number of carbonyl (C=O) groups excluding carboxylic acids is 2. The molecule has 21 heavy (non-hydrogen) atoms. The Hall–Kier alpha value is -1.53. The molecule has 1 saturated heterocycles. The number of hydrogen-bond donors (Lipinski definition) is 3. The maximum atomic E-state index is 11.8. The number of amides is 2. The molecule has 4 N–H and O–H groups in total. The number of thioether (sulfide) groups is 1. The Bertz CT molecular complexity index is 501. The smallest absolute Gasteiger partial charge is 0.248 e. The van der Waals surface area contributed by atoms with Gasteiger partial charge in [0.25, 0.3) is 0 Å². The lowest BCUT2D eigenvalue weighted by Gasteiger charge is -2.21. The average molecular weight is 307 g/mol. The second-order valence-corrected chi connectivity index (χ2v) is 6.39. The Kier molecular flexibility index (Phi) is 6.07. The van der Waals surface area contributed by atoms with Crippen molar-refractivity contribution in [2.24, 2.45) is 5.73 Å². The molecule has 1 heterocycles. The van der Waals surface area contributed by atoms with Crippen molar-refractivity contribution in [3.8, 4) is 0 Å². The maximum Gasteiger partial charge on any atom is 0.248 e. The van der Waals surface area contributed by atoms with Gasteiger partial charge >= 0.3 is 0 Å². The molecule has 0 spiro atoms. The number of nitrogens with one attached hydrogen (secondary N) is 2. The molecule has 6 heteroatoms. The van der Waals surface area contributed by atoms with Gasteiger partial charge in [0.15, 0.2) is 0 Å². The van der Waals surface area contributed by atoms with Gasteiger partial charge in [-0.05, 0) is 43.6 Å². The number of carbonyl (C=O) groups is 2. The molecule has 2 rings (SSSR count). The van der Waals surface area contributed by atoms with Crippen molar-refractivity contribution in [1.82, 2.24) is 10.6 Å². The standard InChI is InChI=1S/C15H21N3O2S/c16-15(20)12-3-1-2-11(8-12)9-18-14(19)10-21-13-4-6-17-7-5-13/h1-3,8,13,17H,4-7,9-10H2,(H2,16,20)(H,18,19). The molecule has 0 radical (unpaired) electrons. The highest BCUT2D eigenvalue weighted by Crippen LogP contribution is 2.19. The van der Waals surface area contributed by atoms with Gasteiger partial charge in [-0.25, -0.2) is 0 Å². The van der Waals surface area contributed by atoms with Crippen LogP contribution in [0.2, 0.25) is 0 Å². The Morgan fingerprint density at radius 2 is 2.10 bits per heavy atom. The number of primary amides is 1. The SMILES string of the molecule is NC(=O)c1cccc(CNC(=O)CSC2CCNCC2)c1. The van der Waals surface area contributed by atoms with Crippen LogP contribution in [-0.4, -0.2) is 35.9 Å². The lowest BCUT2D eigenvalue weighted by atomic mass is 10.1. The zero-order valence-corrected chi connectivity index (χ0v) is 12.7. The van der Waals surface area contributed by atoms with Crippen LogP contribution in [0.1, 0.15) is 28.8 Å². The van der Waals surface area contributed by atoms with Gasteiger partial charge in [-0.3, -0.25) is 9.59 Å². The lowest BCUT2D eigenvalue weighted by molar-refractivity contribution is -0.118. The van der Waals surface area contributed by atoms with Gasteiger partial charge in [-0.1, -0.05) is 12.1 Å². The molecule has 5 nitrogen and oxygen atoms in total. The summed E-state index contributed by atoms with van der Waals surface area (Å²) in [7, 11) is 0. The van der Waals surface area contributed by atoms with Crippen LogP contribution >= 0.6 is 11.8 Å². The summed E-state index contributed by atoms with van der Waals surface area (Å²) in [5, 5.41) is 6.77. The first-order chi connectivity index (χ1) is 10.1. The quantitative estimate of drug-likeness (QED) is 0.728. The topological polar surface area (TPSA) is 84.2 Å². The fourth-order valence-corrected chi connectivity index (χ4v) is 3.30. The molecule has 0 saturated carbocycles. The molecule has 1 fully saturated rings. The van der Waals surface area contributed by atoms with Crippen LogP contribution in [0.15, 0.2) is 24.3 Å². The number of nitrogens with two attached hydrogens (primary N) is 1. The molecule has 2 amide bonds. The predicted octanol–water partition coefficient (Wildman–Crippen LogP) is 0.887. The molecular weight excluding hydrogens is 286 g/mol. The normalized spacial score (nSPS) is 15.6. The third-order valence-electron chi connectivity index (χ3n) is 3.44. The Morgan fingerprint density at radius 3 is 2.81 bits per heavy atom. The minimum atomic E-state index is -0.454. The summed E-state index contributed by atoms with van der Waals surface area (Å²) in [6.07, 6.45) is 2.25. The maximum absolute atomic E-state index is 11.8. The van der Waals surface area contributed by atoms with E-state index in [9.17, 15) is 9.59 Å². The van der Waals surface area contributed by atoms with Gasteiger partial charge < -0.3 is 16.4 Å². The molecule has 114 valence electrons. The van der Waals surface area contributed by atoms with Crippen LogP contribution in [0.3, 0.4) is 0 Å². The molecule has 1 aromatic carbocycles. The summed E-state index contributed by atoms with van der Waals surface area (Å²) in [6.45, 7) is 2.51. The summed E-state index contributed by atoms with van der Waals surface area (Å²) < 4.78 is 0. The van der Waals surface area contributed by atoms with E-state index < -0.39 is 5.91 Å². The van der Waals surface area contributed by atoms with E-state index in [1.165, 1.54) is 0 Å². The summed E-state index contributed by atoms with van der Waals surface area (Å²) in [5.41, 5.74) is 6.58. The Balaban J connectivity index is 1.73. The van der Waals surface area contributed by atoms with Crippen molar-refractivity contribution >= 4 is 23.6 Å². The van der Waals surface area contributed by atoms with Crippen LogP contribution in [0.5, 0.6) is 0 Å². The monoisotopic (exact) mass is 307 g/mol. The van der Waals surface area contributed by atoms with Gasteiger partial charge in [-0.15, -0.1) is 11.8 Å². The predicted molar refractivity (Wildman–Crippen MR) is 85.2 cm³/mol. The zero-order valence-electron chi connectivity index (χ0n) is 11.9. The van der Waals surface area contributed by atoms with E-state index >= 15 is 0 Å². The van der Waals surface area contributed by atoms with Gasteiger partial charge in [0.05, 0.1) is 5.75 Å². The molecule has 0 aromatic heterocycles. The van der Waals surface area contributed by atoms with Crippen LogP contribution in [-0.2, 0) is 11.3 Å². The Labute approximate surface area is 129 Å². The fourth-order valence-electron chi connectivity index (χ4n) is 2.24. The molecule has 0 unspecified atom stereocenters. The lowest BCUT2D eigenvalue weighted by Crippen LogP contribution is -2.31. The van der Waals surface area contributed by atoms with Gasteiger partial charge in [0.2, 0.25) is 11.8 Å². The van der Waals surface area contributed by atoms with E-state index in [0.717, 1.165) is 31.5 Å². The van der Waals surface area contributed by atoms with E-state index in [1.54, 1.807) is 30.0 Å². The van der Waals surface area contributed by atoms with E-state index in [0.29, 0.717) is 23.1 Å². The first-order valence-corrected chi connectivity index (χ1v) is 8.18. The van der Waals surface area contributed by atoms with E-state index in [-0.39, 0.29) is 5.91 Å². The van der Waals surface area contributed by atoms with Crippen molar-refractivity contribution in [1.29, 1.82) is 0 Å². The van der Waals surface area contributed by atoms with Crippen molar-refractivity contribution in [3.63, 3.8) is 0 Å². The van der Waals surface area contributed by atoms with Crippen molar-refractivity contribution in [2.45, 2.75) is 24.6 Å². The molecule has 1 aliphatic heterocycles. The van der Waals surface area contributed by atoms with Gasteiger partial charge in [0.1, 0.15) is 0 Å². The number of hydrogen-bond acceptors (Lipinski definition) is 4. The summed E-state index contributed by atoms with van der Waals surface area (Å²) >= 11 is 1.72. The van der Waals surface area contributed by atoms with E-state index in [2.05, 4.69) is 10.6 Å². The highest BCUT2D eigenvalue weighted by Gasteiger charge is 2.14. The number of rotatable bonds is 6. The minimum Gasteiger partial charge on any atom is -0.366 e. The van der Waals surface area contributed by atoms with Gasteiger partial charge in [-0.2, -0.15) is 0 Å². The summed E-state index contributed by atoms with van der Waals surface area (Å²) in [6, 6.07) is 7.02. The van der Waals surface area contributed by atoms with Crippen LogP contribution < -0.4 is 16.4 Å². The number of piperidine rings is 1. The van der Waals surface area contributed by atoms with Crippen molar-refractivity contribution in [3.05, 3.63) is 35.4 Å². The fraction of sp³-hybridized carbons (Fsp3) is 0.467. The van der Waals surface area contributed by atoms with Crippen molar-refractivity contribution in [2.75, 3.05) is 18.8 Å².